The van der Waals surface area contributed by atoms with E-state index in [1.807, 2.05) is 5.92 Å². The predicted molar refractivity (Wildman–Crippen MR) is 67.6 cm³/mol. The maximum absolute atomic E-state index is 11.1. The highest BCUT2D eigenvalue weighted by molar-refractivity contribution is 6.01. The fourth-order valence-electron chi connectivity index (χ4n) is 1.61. The van der Waals surface area contributed by atoms with Gasteiger partial charge in [-0.2, -0.15) is 0 Å². The van der Waals surface area contributed by atoms with Crippen molar-refractivity contribution in [1.29, 1.82) is 0 Å². The zero-order chi connectivity index (χ0) is 12.9. The molecule has 1 N–H and O–H groups in total. The van der Waals surface area contributed by atoms with E-state index in [1.54, 1.807) is 0 Å². The number of hydrogen-bond acceptors (Lipinski definition) is 2. The number of rotatable bonds is 9. The van der Waals surface area contributed by atoms with E-state index in [-0.39, 0.29) is 5.78 Å². The van der Waals surface area contributed by atoms with Crippen molar-refractivity contribution in [3.8, 4) is 11.8 Å². The van der Waals surface area contributed by atoms with E-state index >= 15 is 0 Å². The molecule has 0 unspecified atom stereocenters. The third-order valence-electron chi connectivity index (χ3n) is 2.57. The van der Waals surface area contributed by atoms with E-state index in [1.165, 1.54) is 32.1 Å². The van der Waals surface area contributed by atoms with E-state index < -0.39 is 5.97 Å². The second-order valence-corrected chi connectivity index (χ2v) is 4.20. The lowest BCUT2D eigenvalue weighted by atomic mass is 10.1. The van der Waals surface area contributed by atoms with Gasteiger partial charge in [-0.1, -0.05) is 51.9 Å². The van der Waals surface area contributed by atoms with Crippen molar-refractivity contribution in [2.75, 3.05) is 0 Å². The lowest BCUT2D eigenvalue weighted by Crippen LogP contribution is -1.96. The smallest absolute Gasteiger partial charge is 0.382 e. The van der Waals surface area contributed by atoms with Crippen LogP contribution in [0.5, 0.6) is 0 Å². The standard InChI is InChI=1S/C14H22O3/c1-2-3-4-5-6-7-8-9-10-13(15)11-12-14(16)17/h2-10H2,1H3,(H,16,17). The van der Waals surface area contributed by atoms with Crippen molar-refractivity contribution in [3.63, 3.8) is 0 Å². The van der Waals surface area contributed by atoms with Gasteiger partial charge < -0.3 is 5.11 Å². The molecule has 0 saturated carbocycles. The summed E-state index contributed by atoms with van der Waals surface area (Å²) in [7, 11) is 0. The third-order valence-corrected chi connectivity index (χ3v) is 2.57. The maximum Gasteiger partial charge on any atom is 0.382 e. The zero-order valence-electron chi connectivity index (χ0n) is 10.6. The second kappa shape index (κ2) is 11.2. The number of carbonyl (C=O) groups excluding carboxylic acids is 1. The van der Waals surface area contributed by atoms with Crippen LogP contribution in [-0.4, -0.2) is 16.9 Å². The van der Waals surface area contributed by atoms with E-state index in [9.17, 15) is 9.59 Å². The Balaban J connectivity index is 3.32. The molecule has 0 aromatic carbocycles. The molecule has 0 rings (SSSR count). The Morgan fingerprint density at radius 3 is 1.94 bits per heavy atom. The first-order valence-corrected chi connectivity index (χ1v) is 6.44. The summed E-state index contributed by atoms with van der Waals surface area (Å²) in [6.07, 6.45) is 9.78. The van der Waals surface area contributed by atoms with Crippen LogP contribution in [0.3, 0.4) is 0 Å². The van der Waals surface area contributed by atoms with Gasteiger partial charge in [0.2, 0.25) is 5.78 Å². The number of aliphatic carboxylic acids is 1. The van der Waals surface area contributed by atoms with E-state index in [0.717, 1.165) is 19.3 Å². The van der Waals surface area contributed by atoms with E-state index in [4.69, 9.17) is 5.11 Å². The Bertz CT molecular complexity index is 284. The summed E-state index contributed by atoms with van der Waals surface area (Å²) in [5, 5.41) is 8.25. The van der Waals surface area contributed by atoms with Gasteiger partial charge in [-0.15, -0.1) is 0 Å². The normalized spacial score (nSPS) is 9.47. The summed E-state index contributed by atoms with van der Waals surface area (Å²) in [5.74, 6) is 2.44. The van der Waals surface area contributed by atoms with E-state index in [2.05, 4.69) is 12.8 Å². The van der Waals surface area contributed by atoms with Gasteiger partial charge in [0.25, 0.3) is 0 Å². The molecule has 0 spiro atoms. The Morgan fingerprint density at radius 2 is 1.41 bits per heavy atom. The van der Waals surface area contributed by atoms with Crippen molar-refractivity contribution in [2.45, 2.75) is 64.7 Å². The minimum atomic E-state index is -1.24. The Labute approximate surface area is 104 Å². The summed E-state index contributed by atoms with van der Waals surface area (Å²) in [5.41, 5.74) is 0. The molecule has 0 atom stereocenters. The third kappa shape index (κ3) is 12.6. The Morgan fingerprint density at radius 1 is 0.882 bits per heavy atom. The lowest BCUT2D eigenvalue weighted by Gasteiger charge is -1.99. The lowest BCUT2D eigenvalue weighted by molar-refractivity contribution is -0.130. The van der Waals surface area contributed by atoms with Crippen molar-refractivity contribution in [1.82, 2.24) is 0 Å². The highest BCUT2D eigenvalue weighted by atomic mass is 16.4. The van der Waals surface area contributed by atoms with Crippen LogP contribution in [0.1, 0.15) is 64.7 Å². The molecular formula is C14H22O3. The van der Waals surface area contributed by atoms with Gasteiger partial charge in [0.1, 0.15) is 0 Å². The topological polar surface area (TPSA) is 54.4 Å². The van der Waals surface area contributed by atoms with Crippen LogP contribution in [-0.2, 0) is 9.59 Å². The van der Waals surface area contributed by atoms with Crippen LogP contribution in [0, 0.1) is 11.8 Å². The number of hydrogen-bond donors (Lipinski definition) is 1. The molecule has 17 heavy (non-hydrogen) atoms. The maximum atomic E-state index is 11.1. The molecule has 0 amide bonds. The SMILES string of the molecule is CCCCCCCCCCC(=O)C#CC(=O)O. The van der Waals surface area contributed by atoms with Crippen LogP contribution < -0.4 is 0 Å². The number of carboxylic acids is 1. The molecule has 0 radical (unpaired) electrons. The highest BCUT2D eigenvalue weighted by Gasteiger charge is 1.98. The van der Waals surface area contributed by atoms with Crippen LogP contribution >= 0.6 is 0 Å². The summed E-state index contributed by atoms with van der Waals surface area (Å²) >= 11 is 0. The molecule has 3 heteroatoms. The predicted octanol–water partition coefficient (Wildman–Crippen LogP) is 3.17. The molecule has 0 aliphatic rings. The summed E-state index contributed by atoms with van der Waals surface area (Å²) < 4.78 is 0. The van der Waals surface area contributed by atoms with Gasteiger partial charge in [-0.25, -0.2) is 4.79 Å². The molecule has 0 saturated heterocycles. The van der Waals surface area contributed by atoms with Gasteiger partial charge in [0.15, 0.2) is 0 Å². The minimum Gasteiger partial charge on any atom is -0.472 e. The fourth-order valence-corrected chi connectivity index (χ4v) is 1.61. The van der Waals surface area contributed by atoms with Crippen molar-refractivity contribution < 1.29 is 14.7 Å². The van der Waals surface area contributed by atoms with E-state index in [0.29, 0.717) is 6.42 Å². The Hall–Kier alpha value is -1.30. The second-order valence-electron chi connectivity index (χ2n) is 4.20. The van der Waals surface area contributed by atoms with Gasteiger partial charge in [-0.3, -0.25) is 4.79 Å². The summed E-state index contributed by atoms with van der Waals surface area (Å²) in [6.45, 7) is 2.20. The number of unbranched alkanes of at least 4 members (excludes halogenated alkanes) is 7. The number of carbonyl (C=O) groups is 2. The Kier molecular flexibility index (Phi) is 10.3. The molecule has 96 valence electrons. The van der Waals surface area contributed by atoms with Gasteiger partial charge in [0.05, 0.1) is 0 Å². The molecule has 0 aromatic heterocycles. The van der Waals surface area contributed by atoms with Crippen LogP contribution in [0.15, 0.2) is 0 Å². The number of carboxylic acid groups (broad SMARTS) is 1. The highest BCUT2D eigenvalue weighted by Crippen LogP contribution is 2.09. The van der Waals surface area contributed by atoms with Crippen LogP contribution in [0.25, 0.3) is 0 Å². The molecule has 0 aromatic rings. The molecule has 0 bridgehead atoms. The van der Waals surface area contributed by atoms with Crippen molar-refractivity contribution in [3.05, 3.63) is 0 Å². The molecule has 0 heterocycles. The molecule has 0 fully saturated rings. The average molecular weight is 238 g/mol. The largest absolute Gasteiger partial charge is 0.472 e. The monoisotopic (exact) mass is 238 g/mol. The van der Waals surface area contributed by atoms with Crippen LogP contribution in [0.4, 0.5) is 0 Å². The first-order chi connectivity index (χ1) is 8.16. The van der Waals surface area contributed by atoms with Gasteiger partial charge in [-0.05, 0) is 12.3 Å². The summed E-state index contributed by atoms with van der Waals surface area (Å²) in [6, 6.07) is 0. The molecule has 0 aliphatic carbocycles. The van der Waals surface area contributed by atoms with Gasteiger partial charge in [0, 0.05) is 12.3 Å². The number of Topliss-reactive ketones (excluding diaryl/α,β-unsaturated/α-hetero) is 1. The quantitative estimate of drug-likeness (QED) is 0.381. The first-order valence-electron chi connectivity index (χ1n) is 6.44. The zero-order valence-corrected chi connectivity index (χ0v) is 10.6. The van der Waals surface area contributed by atoms with Crippen LogP contribution in [0.2, 0.25) is 0 Å². The van der Waals surface area contributed by atoms with Crippen molar-refractivity contribution in [2.24, 2.45) is 0 Å². The molecule has 0 aliphatic heterocycles. The van der Waals surface area contributed by atoms with Gasteiger partial charge >= 0.3 is 5.97 Å². The fraction of sp³-hybridized carbons (Fsp3) is 0.714. The van der Waals surface area contributed by atoms with Crippen molar-refractivity contribution >= 4 is 11.8 Å². The molecule has 3 nitrogen and oxygen atoms in total. The first kappa shape index (κ1) is 15.7. The average Bonchev–Trinajstić information content (AvgIpc) is 2.30. The minimum absolute atomic E-state index is 0.265. The molecular weight excluding hydrogens is 216 g/mol. The summed E-state index contributed by atoms with van der Waals surface area (Å²) in [4.78, 5) is 21.2. The number of ketones is 1.